The molecule has 2 saturated heterocycles. The van der Waals surface area contributed by atoms with Gasteiger partial charge in [-0.2, -0.15) is 5.10 Å². The van der Waals surface area contributed by atoms with Crippen LogP contribution >= 0.6 is 11.8 Å². The fraction of sp³-hybridized carbons (Fsp3) is 0.333. The minimum absolute atomic E-state index is 0.0120. The molecule has 13 nitrogen and oxygen atoms in total. The number of benzene rings is 3. The summed E-state index contributed by atoms with van der Waals surface area (Å²) in [5, 5.41) is 10.1. The lowest BCUT2D eigenvalue weighted by atomic mass is 10.0. The molecule has 0 aliphatic carbocycles. The van der Waals surface area contributed by atoms with E-state index in [1.807, 2.05) is 6.07 Å². The van der Waals surface area contributed by atoms with Crippen molar-refractivity contribution in [1.82, 2.24) is 30.2 Å². The number of hydrogen-bond donors (Lipinski definition) is 2. The average Bonchev–Trinajstić information content (AvgIpc) is 3.43. The zero-order valence-corrected chi connectivity index (χ0v) is 30.1. The van der Waals surface area contributed by atoms with E-state index in [-0.39, 0.29) is 54.1 Å². The van der Waals surface area contributed by atoms with Crippen LogP contribution in [0.3, 0.4) is 0 Å². The SMILES string of the molecule is O=C1CCC(N2C(=O)c3cccc(SCCCCCC(=O)N4CCN(C(=O)c5cc(Cc6n[nH]c(=O)c7ccccc67)ccc5F)CC4)c3C2=O)C(=O)N1. The lowest BCUT2D eigenvalue weighted by molar-refractivity contribution is -0.136. The molecule has 3 aliphatic rings. The Hall–Kier alpha value is -5.70. The number of thioether (sulfide) groups is 1. The summed E-state index contributed by atoms with van der Waals surface area (Å²) in [5.74, 6) is -2.59. The van der Waals surface area contributed by atoms with E-state index in [2.05, 4.69) is 15.5 Å². The molecule has 7 rings (SSSR count). The molecular weight excluding hydrogens is 716 g/mol. The molecule has 0 saturated carbocycles. The van der Waals surface area contributed by atoms with Crippen LogP contribution in [0, 0.1) is 5.82 Å². The first-order valence-electron chi connectivity index (χ1n) is 17.9. The standard InChI is InChI=1S/C39H37FN6O7S/c40-28-13-12-23(22-29-24-7-3-4-8-25(24)35(49)43-42-29)21-27(28)37(51)45-18-16-44(17-19-45)33(48)11-2-1-5-20-54-31-10-6-9-26-34(31)39(53)46(38(26)52)30-14-15-32(47)41-36(30)50/h3-4,6-10,12-13,21,30H,1-2,5,11,14-20,22H2,(H,43,49)(H,41,47,50). The van der Waals surface area contributed by atoms with Crippen LogP contribution in [0.1, 0.15) is 80.9 Å². The number of aromatic amines is 1. The average molecular weight is 753 g/mol. The van der Waals surface area contributed by atoms with Crippen molar-refractivity contribution >= 4 is 58.0 Å². The third-order valence-electron chi connectivity index (χ3n) is 10.0. The van der Waals surface area contributed by atoms with Crippen LogP contribution in [0.15, 0.2) is 70.4 Å². The normalized spacial score (nSPS) is 17.3. The summed E-state index contributed by atoms with van der Waals surface area (Å²) in [5.41, 5.74) is 1.44. The smallest absolute Gasteiger partial charge is 0.272 e. The van der Waals surface area contributed by atoms with Gasteiger partial charge in [-0.05, 0) is 60.9 Å². The number of hydrogen-bond acceptors (Lipinski definition) is 9. The molecule has 4 aromatic rings. The van der Waals surface area contributed by atoms with Crippen molar-refractivity contribution < 1.29 is 33.2 Å². The highest BCUT2D eigenvalue weighted by Crippen LogP contribution is 2.35. The number of carbonyl (C=O) groups is 6. The van der Waals surface area contributed by atoms with Crippen molar-refractivity contribution in [2.45, 2.75) is 55.9 Å². The molecule has 2 fully saturated rings. The van der Waals surface area contributed by atoms with Crippen molar-refractivity contribution in [3.63, 3.8) is 0 Å². The Morgan fingerprint density at radius 3 is 2.39 bits per heavy atom. The number of amides is 6. The van der Waals surface area contributed by atoms with Crippen molar-refractivity contribution in [3.8, 4) is 0 Å². The fourth-order valence-electron chi connectivity index (χ4n) is 7.17. The van der Waals surface area contributed by atoms with Crippen molar-refractivity contribution in [1.29, 1.82) is 0 Å². The second kappa shape index (κ2) is 15.7. The second-order valence-electron chi connectivity index (χ2n) is 13.5. The third kappa shape index (κ3) is 7.40. The van der Waals surface area contributed by atoms with Crippen LogP contribution < -0.4 is 10.9 Å². The molecule has 4 heterocycles. The molecule has 54 heavy (non-hydrogen) atoms. The molecule has 3 aromatic carbocycles. The van der Waals surface area contributed by atoms with E-state index in [4.69, 9.17) is 0 Å². The molecule has 0 bridgehead atoms. The lowest BCUT2D eigenvalue weighted by Crippen LogP contribution is -2.54. The molecule has 6 amide bonds. The summed E-state index contributed by atoms with van der Waals surface area (Å²) in [7, 11) is 0. The fourth-order valence-corrected chi connectivity index (χ4v) is 8.26. The second-order valence-corrected chi connectivity index (χ2v) is 14.6. The maximum Gasteiger partial charge on any atom is 0.272 e. The highest BCUT2D eigenvalue weighted by molar-refractivity contribution is 7.99. The lowest BCUT2D eigenvalue weighted by Gasteiger charge is -2.35. The first-order chi connectivity index (χ1) is 26.1. The van der Waals surface area contributed by atoms with E-state index in [1.54, 1.807) is 52.3 Å². The van der Waals surface area contributed by atoms with E-state index < -0.39 is 41.4 Å². The van der Waals surface area contributed by atoms with Gasteiger partial charge in [-0.1, -0.05) is 36.8 Å². The van der Waals surface area contributed by atoms with Crippen LogP contribution in [0.25, 0.3) is 10.8 Å². The number of imide groups is 2. The van der Waals surface area contributed by atoms with Gasteiger partial charge in [0.05, 0.1) is 27.8 Å². The van der Waals surface area contributed by atoms with Crippen molar-refractivity contribution in [3.05, 3.63) is 105 Å². The van der Waals surface area contributed by atoms with Crippen molar-refractivity contribution in [2.75, 3.05) is 31.9 Å². The summed E-state index contributed by atoms with van der Waals surface area (Å²) in [6.07, 6.45) is 2.97. The molecule has 1 unspecified atom stereocenters. The number of halogens is 1. The van der Waals surface area contributed by atoms with Gasteiger partial charge in [0.25, 0.3) is 23.3 Å². The summed E-state index contributed by atoms with van der Waals surface area (Å²) in [4.78, 5) is 93.8. The Kier molecular flexibility index (Phi) is 10.7. The van der Waals surface area contributed by atoms with Gasteiger partial charge in [-0.25, -0.2) is 9.49 Å². The number of nitrogens with zero attached hydrogens (tertiary/aromatic N) is 4. The summed E-state index contributed by atoms with van der Waals surface area (Å²) in [6.45, 7) is 1.24. The summed E-state index contributed by atoms with van der Waals surface area (Å²) >= 11 is 1.44. The van der Waals surface area contributed by atoms with E-state index in [0.29, 0.717) is 65.0 Å². The molecule has 3 aliphatic heterocycles. The molecule has 1 aromatic heterocycles. The Bertz CT molecular complexity index is 2250. The van der Waals surface area contributed by atoms with Gasteiger partial charge in [0, 0.05) is 55.7 Å². The van der Waals surface area contributed by atoms with Crippen LogP contribution in [0.5, 0.6) is 0 Å². The molecule has 278 valence electrons. The summed E-state index contributed by atoms with van der Waals surface area (Å²) in [6, 6.07) is 15.5. The van der Waals surface area contributed by atoms with E-state index in [9.17, 15) is 38.0 Å². The highest BCUT2D eigenvalue weighted by atomic mass is 32.2. The van der Waals surface area contributed by atoms with Crippen LogP contribution in [-0.4, -0.2) is 98.3 Å². The predicted molar refractivity (Wildman–Crippen MR) is 196 cm³/mol. The topological polar surface area (TPSA) is 170 Å². The van der Waals surface area contributed by atoms with Crippen LogP contribution in [0.4, 0.5) is 4.39 Å². The van der Waals surface area contributed by atoms with Gasteiger partial charge in [0.2, 0.25) is 17.7 Å². The predicted octanol–water partition coefficient (Wildman–Crippen LogP) is 3.69. The van der Waals surface area contributed by atoms with E-state index in [1.165, 1.54) is 23.9 Å². The number of rotatable bonds is 11. The van der Waals surface area contributed by atoms with E-state index >= 15 is 0 Å². The van der Waals surface area contributed by atoms with Gasteiger partial charge in [0.15, 0.2) is 0 Å². The number of fused-ring (bicyclic) bond motifs is 2. The first-order valence-corrected chi connectivity index (χ1v) is 18.9. The molecule has 1 atom stereocenters. The highest BCUT2D eigenvalue weighted by Gasteiger charge is 2.45. The first kappa shape index (κ1) is 36.6. The van der Waals surface area contributed by atoms with Crippen molar-refractivity contribution in [2.24, 2.45) is 0 Å². The van der Waals surface area contributed by atoms with Gasteiger partial charge >= 0.3 is 0 Å². The Morgan fingerprint density at radius 1 is 0.852 bits per heavy atom. The van der Waals surface area contributed by atoms with Gasteiger partial charge < -0.3 is 9.80 Å². The largest absolute Gasteiger partial charge is 0.339 e. The zero-order chi connectivity index (χ0) is 37.9. The zero-order valence-electron chi connectivity index (χ0n) is 29.3. The van der Waals surface area contributed by atoms with Crippen LogP contribution in [0.2, 0.25) is 0 Å². The maximum absolute atomic E-state index is 14.9. The number of aromatic nitrogens is 2. The third-order valence-corrected chi connectivity index (χ3v) is 11.2. The summed E-state index contributed by atoms with van der Waals surface area (Å²) < 4.78 is 14.9. The molecule has 15 heteroatoms. The Balaban J connectivity index is 0.858. The number of piperidine rings is 1. The Morgan fingerprint density at radius 2 is 1.61 bits per heavy atom. The number of carbonyl (C=O) groups excluding carboxylic acids is 6. The van der Waals surface area contributed by atoms with Gasteiger partial charge in [0.1, 0.15) is 11.9 Å². The number of H-pyrrole nitrogens is 1. The molecule has 0 spiro atoms. The number of nitrogens with one attached hydrogen (secondary N) is 2. The quantitative estimate of drug-likeness (QED) is 0.132. The maximum atomic E-state index is 14.9. The number of unbranched alkanes of at least 4 members (excludes halogenated alkanes) is 2. The minimum Gasteiger partial charge on any atom is -0.339 e. The van der Waals surface area contributed by atoms with Gasteiger partial charge in [-0.3, -0.25) is 43.8 Å². The number of piperazine rings is 1. The Labute approximate surface area is 313 Å². The molecular formula is C39H37FN6O7S. The van der Waals surface area contributed by atoms with E-state index in [0.717, 1.165) is 17.7 Å². The minimum atomic E-state index is -1.02. The van der Waals surface area contributed by atoms with Crippen LogP contribution in [-0.2, 0) is 20.8 Å². The molecule has 2 N–H and O–H groups in total. The van der Waals surface area contributed by atoms with Gasteiger partial charge in [-0.15, -0.1) is 11.8 Å². The monoisotopic (exact) mass is 752 g/mol. The molecule has 0 radical (unpaired) electrons.